The summed E-state index contributed by atoms with van der Waals surface area (Å²) in [5.41, 5.74) is 6.15. The zero-order valence-corrected chi connectivity index (χ0v) is 16.4. The van der Waals surface area contributed by atoms with Gasteiger partial charge in [-0.25, -0.2) is 8.42 Å². The molecule has 2 heterocycles. The SMILES string of the molecule is Cc1sc2ccc(Cl)cc2c1S(=O)(=O)N1CC2CCC(N)C2C1.Cl. The van der Waals surface area contributed by atoms with E-state index in [-0.39, 0.29) is 18.4 Å². The molecule has 3 unspecified atom stereocenters. The van der Waals surface area contributed by atoms with Crippen molar-refractivity contribution in [3.8, 4) is 0 Å². The van der Waals surface area contributed by atoms with Gasteiger partial charge in [0.15, 0.2) is 0 Å². The summed E-state index contributed by atoms with van der Waals surface area (Å²) >= 11 is 7.59. The van der Waals surface area contributed by atoms with E-state index >= 15 is 0 Å². The molecule has 2 aromatic rings. The number of hydrogen-bond acceptors (Lipinski definition) is 4. The van der Waals surface area contributed by atoms with Crippen LogP contribution in [-0.2, 0) is 10.0 Å². The molecule has 2 fully saturated rings. The van der Waals surface area contributed by atoms with Crippen LogP contribution in [0.1, 0.15) is 17.7 Å². The maximum absolute atomic E-state index is 13.2. The van der Waals surface area contributed by atoms with E-state index in [0.717, 1.165) is 27.8 Å². The van der Waals surface area contributed by atoms with Crippen molar-refractivity contribution >= 4 is 55.5 Å². The Balaban J connectivity index is 0.00000169. The van der Waals surface area contributed by atoms with E-state index in [1.807, 2.05) is 13.0 Å². The van der Waals surface area contributed by atoms with Crippen LogP contribution in [0.3, 0.4) is 0 Å². The Bertz CT molecular complexity index is 882. The highest BCUT2D eigenvalue weighted by molar-refractivity contribution is 7.89. The van der Waals surface area contributed by atoms with Gasteiger partial charge in [-0.15, -0.1) is 23.7 Å². The summed E-state index contributed by atoms with van der Waals surface area (Å²) in [7, 11) is -3.51. The van der Waals surface area contributed by atoms with Crippen LogP contribution < -0.4 is 5.73 Å². The largest absolute Gasteiger partial charge is 0.327 e. The molecule has 1 aromatic carbocycles. The molecule has 4 nitrogen and oxygen atoms in total. The van der Waals surface area contributed by atoms with Crippen molar-refractivity contribution in [1.29, 1.82) is 0 Å². The van der Waals surface area contributed by atoms with Gasteiger partial charge in [0.1, 0.15) is 4.90 Å². The van der Waals surface area contributed by atoms with E-state index in [0.29, 0.717) is 34.8 Å². The number of sulfonamides is 1. The summed E-state index contributed by atoms with van der Waals surface area (Å²) in [6.07, 6.45) is 2.05. The minimum Gasteiger partial charge on any atom is -0.327 e. The fourth-order valence-corrected chi connectivity index (χ4v) is 7.52. The zero-order valence-electron chi connectivity index (χ0n) is 13.2. The van der Waals surface area contributed by atoms with Crippen molar-refractivity contribution in [2.24, 2.45) is 17.6 Å². The highest BCUT2D eigenvalue weighted by atomic mass is 35.5. The average Bonchev–Trinajstić information content (AvgIpc) is 3.13. The molecular formula is C16H20Cl2N2O2S2. The van der Waals surface area contributed by atoms with Crippen LogP contribution in [0.2, 0.25) is 5.02 Å². The second-order valence-electron chi connectivity index (χ2n) is 6.62. The monoisotopic (exact) mass is 406 g/mol. The smallest absolute Gasteiger partial charge is 0.244 e. The zero-order chi connectivity index (χ0) is 16.4. The second kappa shape index (κ2) is 6.41. The Hall–Kier alpha value is -0.370. The molecule has 8 heteroatoms. The van der Waals surface area contributed by atoms with Crippen LogP contribution in [0.5, 0.6) is 0 Å². The van der Waals surface area contributed by atoms with Crippen LogP contribution in [0.25, 0.3) is 10.1 Å². The van der Waals surface area contributed by atoms with Crippen LogP contribution in [0.15, 0.2) is 23.1 Å². The van der Waals surface area contributed by atoms with Crippen molar-refractivity contribution in [3.63, 3.8) is 0 Å². The predicted octanol–water partition coefficient (Wildman–Crippen LogP) is 3.64. The van der Waals surface area contributed by atoms with E-state index < -0.39 is 10.0 Å². The summed E-state index contributed by atoms with van der Waals surface area (Å²) < 4.78 is 29.1. The number of nitrogens with zero attached hydrogens (tertiary/aromatic N) is 1. The van der Waals surface area contributed by atoms with Crippen molar-refractivity contribution in [3.05, 3.63) is 28.1 Å². The highest BCUT2D eigenvalue weighted by Gasteiger charge is 2.45. The van der Waals surface area contributed by atoms with Gasteiger partial charge < -0.3 is 5.73 Å². The van der Waals surface area contributed by atoms with Crippen LogP contribution in [-0.4, -0.2) is 31.9 Å². The Kier molecular flexibility index (Phi) is 4.92. The van der Waals surface area contributed by atoms with Crippen molar-refractivity contribution in [2.75, 3.05) is 13.1 Å². The number of hydrogen-bond donors (Lipinski definition) is 1. The molecule has 1 saturated heterocycles. The first-order valence-corrected chi connectivity index (χ1v) is 10.5. The molecule has 0 radical (unpaired) electrons. The van der Waals surface area contributed by atoms with E-state index in [1.54, 1.807) is 16.4 Å². The maximum atomic E-state index is 13.2. The normalized spacial score (nSPS) is 27.4. The van der Waals surface area contributed by atoms with E-state index in [2.05, 4.69) is 0 Å². The number of aryl methyl sites for hydroxylation is 1. The Morgan fingerprint density at radius 2 is 2.04 bits per heavy atom. The number of benzene rings is 1. The van der Waals surface area contributed by atoms with Gasteiger partial charge in [-0.1, -0.05) is 11.6 Å². The third-order valence-electron chi connectivity index (χ3n) is 5.25. The van der Waals surface area contributed by atoms with Gasteiger partial charge in [-0.2, -0.15) is 4.31 Å². The predicted molar refractivity (Wildman–Crippen MR) is 102 cm³/mol. The fraction of sp³-hybridized carbons (Fsp3) is 0.500. The number of halogens is 2. The van der Waals surface area contributed by atoms with Crippen LogP contribution >= 0.6 is 35.3 Å². The summed E-state index contributed by atoms with van der Waals surface area (Å²) in [5, 5.41) is 1.30. The molecule has 2 aliphatic rings. The molecule has 1 aromatic heterocycles. The minimum atomic E-state index is -3.51. The molecule has 0 bridgehead atoms. The molecule has 24 heavy (non-hydrogen) atoms. The lowest BCUT2D eigenvalue weighted by Crippen LogP contribution is -2.33. The van der Waals surface area contributed by atoms with Gasteiger partial charge in [0.2, 0.25) is 10.0 Å². The number of rotatable bonds is 2. The highest BCUT2D eigenvalue weighted by Crippen LogP contribution is 2.42. The van der Waals surface area contributed by atoms with Crippen molar-refractivity contribution in [1.82, 2.24) is 4.31 Å². The lowest BCUT2D eigenvalue weighted by atomic mass is 9.98. The van der Waals surface area contributed by atoms with Gasteiger partial charge in [-0.05, 0) is 49.8 Å². The topological polar surface area (TPSA) is 63.4 Å². The van der Waals surface area contributed by atoms with Gasteiger partial charge in [0, 0.05) is 39.1 Å². The van der Waals surface area contributed by atoms with Gasteiger partial charge >= 0.3 is 0 Å². The number of thiophene rings is 1. The molecule has 3 atom stereocenters. The number of fused-ring (bicyclic) bond motifs is 2. The van der Waals surface area contributed by atoms with Crippen LogP contribution in [0.4, 0.5) is 0 Å². The molecule has 0 amide bonds. The molecule has 132 valence electrons. The molecule has 1 saturated carbocycles. The van der Waals surface area contributed by atoms with Gasteiger partial charge in [0.05, 0.1) is 0 Å². The molecule has 1 aliphatic carbocycles. The quantitative estimate of drug-likeness (QED) is 0.827. The third-order valence-corrected chi connectivity index (χ3v) is 8.72. The standard InChI is InChI=1S/C16H19ClN2O2S2.ClH/c1-9-16(12-6-11(17)3-5-15(12)22-9)23(20,21)19-7-10-2-4-14(18)13(10)8-19;/h3,5-6,10,13-14H,2,4,7-8,18H2,1H3;1H. The van der Waals surface area contributed by atoms with Crippen molar-refractivity contribution < 1.29 is 8.42 Å². The van der Waals surface area contributed by atoms with Gasteiger partial charge in [-0.3, -0.25) is 0 Å². The summed E-state index contributed by atoms with van der Waals surface area (Å²) in [5.74, 6) is 0.715. The first kappa shape index (κ1) is 18.4. The van der Waals surface area contributed by atoms with Gasteiger partial charge in [0.25, 0.3) is 0 Å². The average molecular weight is 407 g/mol. The Labute approximate surface area is 157 Å². The summed E-state index contributed by atoms with van der Waals surface area (Å²) in [4.78, 5) is 1.25. The maximum Gasteiger partial charge on any atom is 0.244 e. The second-order valence-corrected chi connectivity index (χ2v) is 10.2. The van der Waals surface area contributed by atoms with Crippen LogP contribution in [0, 0.1) is 18.8 Å². The fourth-order valence-electron chi connectivity index (χ4n) is 4.08. The molecule has 4 rings (SSSR count). The van der Waals surface area contributed by atoms with E-state index in [9.17, 15) is 8.42 Å². The molecule has 0 spiro atoms. The summed E-state index contributed by atoms with van der Waals surface area (Å²) in [6, 6.07) is 5.59. The lowest BCUT2D eigenvalue weighted by molar-refractivity contribution is 0.427. The first-order chi connectivity index (χ1) is 10.9. The Morgan fingerprint density at radius 3 is 2.75 bits per heavy atom. The third kappa shape index (κ3) is 2.77. The first-order valence-electron chi connectivity index (χ1n) is 7.82. The molecule has 2 N–H and O–H groups in total. The lowest BCUT2D eigenvalue weighted by Gasteiger charge is -2.19. The van der Waals surface area contributed by atoms with E-state index in [4.69, 9.17) is 17.3 Å². The number of nitrogens with two attached hydrogens (primary N) is 1. The van der Waals surface area contributed by atoms with Crippen molar-refractivity contribution in [2.45, 2.75) is 30.7 Å². The minimum absolute atomic E-state index is 0. The Morgan fingerprint density at radius 1 is 1.29 bits per heavy atom. The molecular weight excluding hydrogens is 387 g/mol. The summed E-state index contributed by atoms with van der Waals surface area (Å²) in [6.45, 7) is 3.01. The van der Waals surface area contributed by atoms with E-state index in [1.165, 1.54) is 11.3 Å². The molecule has 1 aliphatic heterocycles.